The van der Waals surface area contributed by atoms with Crippen molar-refractivity contribution in [1.82, 2.24) is 15.1 Å². The summed E-state index contributed by atoms with van der Waals surface area (Å²) in [5.41, 5.74) is 0.930. The van der Waals surface area contributed by atoms with Crippen LogP contribution in [0, 0.1) is 5.41 Å². The molecule has 1 aromatic rings. The molecule has 1 rings (SSSR count). The number of nitrogens with one attached hydrogen (secondary N) is 1. The highest BCUT2D eigenvalue weighted by Gasteiger charge is 2.24. The van der Waals surface area contributed by atoms with E-state index in [1.807, 2.05) is 7.05 Å². The average Bonchev–Trinajstić information content (AvgIpc) is 2.37. The second-order valence-corrected chi connectivity index (χ2v) is 6.11. The third kappa shape index (κ3) is 4.07. The van der Waals surface area contributed by atoms with E-state index in [2.05, 4.69) is 49.9 Å². The zero-order chi connectivity index (χ0) is 15.3. The van der Waals surface area contributed by atoms with E-state index in [0.29, 0.717) is 6.54 Å². The van der Waals surface area contributed by atoms with Gasteiger partial charge in [-0.25, -0.2) is 4.68 Å². The largest absolute Gasteiger partial charge is 0.371 e. The zero-order valence-corrected chi connectivity index (χ0v) is 13.6. The van der Waals surface area contributed by atoms with Crippen molar-refractivity contribution < 1.29 is 0 Å². The molecule has 0 aliphatic heterocycles. The van der Waals surface area contributed by atoms with Crippen molar-refractivity contribution in [1.29, 1.82) is 0 Å². The summed E-state index contributed by atoms with van der Waals surface area (Å²) in [6, 6.07) is 1.88. The lowest BCUT2D eigenvalue weighted by molar-refractivity contribution is 0.244. The summed E-state index contributed by atoms with van der Waals surface area (Å²) in [6.07, 6.45) is 1.78. The quantitative estimate of drug-likeness (QED) is 0.862. The lowest BCUT2D eigenvalue weighted by Crippen LogP contribution is -2.44. The second kappa shape index (κ2) is 6.88. The Bertz CT molecular complexity index is 471. The molecule has 0 aliphatic carbocycles. The molecule has 1 aromatic heterocycles. The molecule has 0 bridgehead atoms. The van der Waals surface area contributed by atoms with Crippen LogP contribution in [0.5, 0.6) is 0 Å². The van der Waals surface area contributed by atoms with E-state index in [1.54, 1.807) is 16.9 Å². The maximum Gasteiger partial charge on any atom is 0.268 e. The van der Waals surface area contributed by atoms with Gasteiger partial charge in [0, 0.05) is 25.2 Å². The van der Waals surface area contributed by atoms with Gasteiger partial charge in [-0.2, -0.15) is 5.10 Å². The van der Waals surface area contributed by atoms with E-state index in [4.69, 9.17) is 0 Å². The standard InChI is InChI=1S/C15H28N4O/c1-7-18(8-2)12-9-14(20)19(17-10-12)11-13(16-6)15(3,4)5/h9-10,13,16H,7-8,11H2,1-6H3. The minimum Gasteiger partial charge on any atom is -0.371 e. The number of hydrogen-bond acceptors (Lipinski definition) is 4. The predicted octanol–water partition coefficient (Wildman–Crippen LogP) is 1.72. The van der Waals surface area contributed by atoms with Gasteiger partial charge in [-0.15, -0.1) is 0 Å². The monoisotopic (exact) mass is 280 g/mol. The molecule has 1 N–H and O–H groups in total. The summed E-state index contributed by atoms with van der Waals surface area (Å²) in [7, 11) is 1.92. The lowest BCUT2D eigenvalue weighted by atomic mass is 9.87. The van der Waals surface area contributed by atoms with Crippen LogP contribution >= 0.6 is 0 Å². The molecule has 0 aliphatic rings. The van der Waals surface area contributed by atoms with Crippen LogP contribution in [-0.4, -0.2) is 36.0 Å². The number of nitrogens with zero attached hydrogens (tertiary/aromatic N) is 3. The molecule has 0 aromatic carbocycles. The topological polar surface area (TPSA) is 50.2 Å². The first-order valence-corrected chi connectivity index (χ1v) is 7.32. The Hall–Kier alpha value is -1.36. The van der Waals surface area contributed by atoms with Crippen LogP contribution in [0.4, 0.5) is 5.69 Å². The van der Waals surface area contributed by atoms with Gasteiger partial charge in [0.2, 0.25) is 0 Å². The first-order valence-electron chi connectivity index (χ1n) is 7.32. The highest BCUT2D eigenvalue weighted by molar-refractivity contribution is 5.42. The summed E-state index contributed by atoms with van der Waals surface area (Å²) in [4.78, 5) is 14.3. The van der Waals surface area contributed by atoms with Crippen LogP contribution in [0.3, 0.4) is 0 Å². The van der Waals surface area contributed by atoms with Crippen LogP contribution in [0.15, 0.2) is 17.1 Å². The summed E-state index contributed by atoms with van der Waals surface area (Å²) in [5, 5.41) is 7.59. The second-order valence-electron chi connectivity index (χ2n) is 6.11. The van der Waals surface area contributed by atoms with Crippen LogP contribution < -0.4 is 15.8 Å². The molecule has 1 atom stereocenters. The predicted molar refractivity (Wildman–Crippen MR) is 84.4 cm³/mol. The van der Waals surface area contributed by atoms with E-state index < -0.39 is 0 Å². The lowest BCUT2D eigenvalue weighted by Gasteiger charge is -2.30. The van der Waals surface area contributed by atoms with Crippen LogP contribution in [0.1, 0.15) is 34.6 Å². The van der Waals surface area contributed by atoms with E-state index in [0.717, 1.165) is 18.8 Å². The number of rotatable bonds is 6. The number of likely N-dealkylation sites (N-methyl/N-ethyl adjacent to an activating group) is 1. The molecule has 0 fully saturated rings. The molecule has 1 heterocycles. The summed E-state index contributed by atoms with van der Waals surface area (Å²) >= 11 is 0. The van der Waals surface area contributed by atoms with Crippen molar-refractivity contribution in [2.24, 2.45) is 5.41 Å². The molecule has 114 valence electrons. The first kappa shape index (κ1) is 16.7. The Balaban J connectivity index is 2.97. The highest BCUT2D eigenvalue weighted by atomic mass is 16.1. The number of anilines is 1. The van der Waals surface area contributed by atoms with Gasteiger partial charge in [-0.1, -0.05) is 20.8 Å². The Morgan fingerprint density at radius 1 is 1.35 bits per heavy atom. The smallest absolute Gasteiger partial charge is 0.268 e. The molecule has 0 saturated heterocycles. The molecule has 5 heteroatoms. The Morgan fingerprint density at radius 3 is 2.35 bits per heavy atom. The van der Waals surface area contributed by atoms with Gasteiger partial charge >= 0.3 is 0 Å². The van der Waals surface area contributed by atoms with Crippen molar-refractivity contribution in [3.8, 4) is 0 Å². The highest BCUT2D eigenvalue weighted by Crippen LogP contribution is 2.19. The van der Waals surface area contributed by atoms with Gasteiger partial charge in [0.05, 0.1) is 18.4 Å². The zero-order valence-electron chi connectivity index (χ0n) is 13.6. The van der Waals surface area contributed by atoms with E-state index >= 15 is 0 Å². The molecular formula is C15H28N4O. The van der Waals surface area contributed by atoms with Crippen LogP contribution in [-0.2, 0) is 6.54 Å². The number of hydrogen-bond donors (Lipinski definition) is 1. The normalized spacial score (nSPS) is 13.3. The van der Waals surface area contributed by atoms with Gasteiger partial charge < -0.3 is 10.2 Å². The summed E-state index contributed by atoms with van der Waals surface area (Å²) in [6.45, 7) is 13.0. The molecule has 0 radical (unpaired) electrons. The van der Waals surface area contributed by atoms with Crippen LogP contribution in [0.25, 0.3) is 0 Å². The Kier molecular flexibility index (Phi) is 5.74. The average molecular weight is 280 g/mol. The number of aromatic nitrogens is 2. The van der Waals surface area contributed by atoms with Gasteiger partial charge in [0.1, 0.15) is 0 Å². The molecule has 0 spiro atoms. The fraction of sp³-hybridized carbons (Fsp3) is 0.733. The fourth-order valence-corrected chi connectivity index (χ4v) is 2.29. The SMILES string of the molecule is CCN(CC)c1cnn(CC(NC)C(C)(C)C)c(=O)c1. The molecule has 5 nitrogen and oxygen atoms in total. The molecule has 0 saturated carbocycles. The van der Waals surface area contributed by atoms with Crippen LogP contribution in [0.2, 0.25) is 0 Å². The van der Waals surface area contributed by atoms with Crippen molar-refractivity contribution in [3.63, 3.8) is 0 Å². The van der Waals surface area contributed by atoms with Crippen molar-refractivity contribution in [2.45, 2.75) is 47.2 Å². The van der Waals surface area contributed by atoms with Crippen molar-refractivity contribution >= 4 is 5.69 Å². The van der Waals surface area contributed by atoms with E-state index in [-0.39, 0.29) is 17.0 Å². The van der Waals surface area contributed by atoms with Crippen molar-refractivity contribution in [3.05, 3.63) is 22.6 Å². The molecular weight excluding hydrogens is 252 g/mol. The first-order chi connectivity index (χ1) is 9.33. The van der Waals surface area contributed by atoms with E-state index in [1.165, 1.54) is 0 Å². The maximum atomic E-state index is 12.2. The van der Waals surface area contributed by atoms with Gasteiger partial charge in [-0.3, -0.25) is 4.79 Å². The third-order valence-electron chi connectivity index (χ3n) is 3.73. The van der Waals surface area contributed by atoms with Gasteiger partial charge in [-0.05, 0) is 26.3 Å². The molecule has 0 amide bonds. The van der Waals surface area contributed by atoms with Crippen molar-refractivity contribution in [2.75, 3.05) is 25.0 Å². The minimum atomic E-state index is -0.0427. The van der Waals surface area contributed by atoms with Gasteiger partial charge in [0.25, 0.3) is 5.56 Å². The third-order valence-corrected chi connectivity index (χ3v) is 3.73. The molecule has 1 unspecified atom stereocenters. The molecule has 20 heavy (non-hydrogen) atoms. The fourth-order valence-electron chi connectivity index (χ4n) is 2.29. The Morgan fingerprint density at radius 2 is 1.95 bits per heavy atom. The minimum absolute atomic E-state index is 0.0427. The van der Waals surface area contributed by atoms with E-state index in [9.17, 15) is 4.79 Å². The summed E-state index contributed by atoms with van der Waals surface area (Å²) < 4.78 is 1.54. The van der Waals surface area contributed by atoms with Gasteiger partial charge in [0.15, 0.2) is 0 Å². The maximum absolute atomic E-state index is 12.2. The summed E-state index contributed by atoms with van der Waals surface area (Å²) in [5.74, 6) is 0. The Labute approximate surface area is 122 Å².